The maximum atomic E-state index is 13.5. The molecule has 7 heteroatoms. The van der Waals surface area contributed by atoms with Crippen LogP contribution >= 0.6 is 11.6 Å². The topological polar surface area (TPSA) is 47.6 Å². The molecule has 1 N–H and O–H groups in total. The number of rotatable bonds is 5. The second-order valence-electron chi connectivity index (χ2n) is 7.95. The Kier molecular flexibility index (Phi) is 5.87. The highest BCUT2D eigenvalue weighted by Crippen LogP contribution is 2.49. The van der Waals surface area contributed by atoms with Crippen LogP contribution in [0.1, 0.15) is 60.9 Å². The normalized spacial score (nSPS) is 23.1. The molecule has 1 fully saturated rings. The number of para-hydroxylation sites is 1. The number of carbonyl (C=O) groups is 1. The van der Waals surface area contributed by atoms with Crippen molar-refractivity contribution in [1.82, 2.24) is 5.32 Å². The average molecular weight is 436 g/mol. The SMILES string of the molecule is CC[C@@H](NC(=O)c1ccc(Cl)cc1)C1CCC(c2cccc3c2OC(F)(F)O3)CC1. The third kappa shape index (κ3) is 4.38. The van der Waals surface area contributed by atoms with Gasteiger partial charge in [-0.15, -0.1) is 8.78 Å². The minimum absolute atomic E-state index is 0.0690. The number of fused-ring (bicyclic) bond motifs is 1. The van der Waals surface area contributed by atoms with Gasteiger partial charge in [-0.1, -0.05) is 30.7 Å². The first-order valence-electron chi connectivity index (χ1n) is 10.3. The zero-order valence-electron chi connectivity index (χ0n) is 16.7. The Hall–Kier alpha value is -2.34. The van der Waals surface area contributed by atoms with Crippen molar-refractivity contribution in [2.45, 2.75) is 57.3 Å². The average Bonchev–Trinajstić information content (AvgIpc) is 3.06. The van der Waals surface area contributed by atoms with Gasteiger partial charge in [-0.2, -0.15) is 0 Å². The molecule has 0 bridgehead atoms. The van der Waals surface area contributed by atoms with Crippen molar-refractivity contribution in [2.24, 2.45) is 5.92 Å². The van der Waals surface area contributed by atoms with E-state index in [0.29, 0.717) is 16.5 Å². The van der Waals surface area contributed by atoms with E-state index in [1.54, 1.807) is 30.3 Å². The number of carbonyl (C=O) groups excluding carboxylic acids is 1. The summed E-state index contributed by atoms with van der Waals surface area (Å²) in [6.07, 6.45) is 0.746. The Labute approximate surface area is 179 Å². The van der Waals surface area contributed by atoms with E-state index in [0.717, 1.165) is 37.7 Å². The number of amides is 1. The summed E-state index contributed by atoms with van der Waals surface area (Å²) in [5.74, 6) is 0.640. The summed E-state index contributed by atoms with van der Waals surface area (Å²) in [4.78, 5) is 12.6. The molecule has 0 unspecified atom stereocenters. The van der Waals surface area contributed by atoms with Crippen molar-refractivity contribution in [3.63, 3.8) is 0 Å². The van der Waals surface area contributed by atoms with Crippen LogP contribution in [0, 0.1) is 5.92 Å². The standard InChI is InChI=1S/C23H24ClF2NO3/c1-2-19(27-22(28)16-10-12-17(24)13-11-16)15-8-6-14(7-9-15)18-4-3-5-20-21(18)30-23(25,26)29-20/h3-5,10-15,19H,2,6-9H2,1H3,(H,27,28)/t14?,15?,19-/m1/s1. The van der Waals surface area contributed by atoms with Gasteiger partial charge in [0.2, 0.25) is 0 Å². The fourth-order valence-electron chi connectivity index (χ4n) is 4.55. The Bertz CT molecular complexity index is 911. The monoisotopic (exact) mass is 435 g/mol. The van der Waals surface area contributed by atoms with Crippen LogP contribution in [-0.4, -0.2) is 18.2 Å². The van der Waals surface area contributed by atoms with E-state index < -0.39 is 6.29 Å². The molecule has 2 aromatic rings. The van der Waals surface area contributed by atoms with Gasteiger partial charge >= 0.3 is 6.29 Å². The Balaban J connectivity index is 1.39. The molecule has 1 amide bonds. The summed E-state index contributed by atoms with van der Waals surface area (Å²) < 4.78 is 36.3. The van der Waals surface area contributed by atoms with Crippen LogP contribution in [0.5, 0.6) is 11.5 Å². The summed E-state index contributed by atoms with van der Waals surface area (Å²) >= 11 is 5.90. The van der Waals surface area contributed by atoms with Crippen molar-refractivity contribution in [3.8, 4) is 11.5 Å². The maximum Gasteiger partial charge on any atom is 0.586 e. The molecular weight excluding hydrogens is 412 g/mol. The zero-order valence-corrected chi connectivity index (χ0v) is 17.4. The van der Waals surface area contributed by atoms with Gasteiger partial charge < -0.3 is 14.8 Å². The van der Waals surface area contributed by atoms with Crippen LogP contribution in [-0.2, 0) is 0 Å². The Morgan fingerprint density at radius 2 is 1.83 bits per heavy atom. The van der Waals surface area contributed by atoms with Crippen LogP contribution in [0.25, 0.3) is 0 Å². The molecule has 0 saturated heterocycles. The second kappa shape index (κ2) is 8.42. The largest absolute Gasteiger partial charge is 0.586 e. The number of nitrogens with one attached hydrogen (secondary N) is 1. The summed E-state index contributed by atoms with van der Waals surface area (Å²) in [6, 6.07) is 12.0. The van der Waals surface area contributed by atoms with Crippen molar-refractivity contribution >= 4 is 17.5 Å². The van der Waals surface area contributed by atoms with Crippen LogP contribution < -0.4 is 14.8 Å². The van der Waals surface area contributed by atoms with E-state index in [-0.39, 0.29) is 29.4 Å². The van der Waals surface area contributed by atoms with E-state index in [4.69, 9.17) is 16.3 Å². The number of alkyl halides is 2. The fourth-order valence-corrected chi connectivity index (χ4v) is 4.68. The number of hydrogen-bond donors (Lipinski definition) is 1. The first-order valence-corrected chi connectivity index (χ1v) is 10.7. The zero-order chi connectivity index (χ0) is 21.3. The Morgan fingerprint density at radius 3 is 2.50 bits per heavy atom. The van der Waals surface area contributed by atoms with Gasteiger partial charge in [-0.05, 0) is 74.3 Å². The molecule has 1 atom stereocenters. The lowest BCUT2D eigenvalue weighted by Crippen LogP contribution is -2.41. The molecule has 0 aromatic heterocycles. The summed E-state index contributed by atoms with van der Waals surface area (Å²) in [5, 5.41) is 3.75. The van der Waals surface area contributed by atoms with E-state index in [2.05, 4.69) is 17.0 Å². The van der Waals surface area contributed by atoms with Gasteiger partial charge in [-0.3, -0.25) is 4.79 Å². The quantitative estimate of drug-likeness (QED) is 0.613. The molecule has 0 spiro atoms. The number of halogens is 3. The second-order valence-corrected chi connectivity index (χ2v) is 8.39. The van der Waals surface area contributed by atoms with Gasteiger partial charge in [0.25, 0.3) is 5.91 Å². The van der Waals surface area contributed by atoms with Gasteiger partial charge in [0.1, 0.15) is 0 Å². The highest BCUT2D eigenvalue weighted by atomic mass is 35.5. The lowest BCUT2D eigenvalue weighted by Gasteiger charge is -2.34. The van der Waals surface area contributed by atoms with Gasteiger partial charge in [0.05, 0.1) is 0 Å². The molecular formula is C23H24ClF2NO3. The molecule has 2 aromatic carbocycles. The summed E-state index contributed by atoms with van der Waals surface area (Å²) in [7, 11) is 0. The van der Waals surface area contributed by atoms with Gasteiger partial charge in [-0.25, -0.2) is 0 Å². The molecule has 0 radical (unpaired) electrons. The first kappa shape index (κ1) is 20.9. The molecule has 1 aliphatic carbocycles. The molecule has 2 aliphatic rings. The van der Waals surface area contributed by atoms with Crippen molar-refractivity contribution in [1.29, 1.82) is 0 Å². The highest BCUT2D eigenvalue weighted by Gasteiger charge is 2.45. The van der Waals surface area contributed by atoms with E-state index in [9.17, 15) is 13.6 Å². The van der Waals surface area contributed by atoms with Crippen LogP contribution in [0.3, 0.4) is 0 Å². The van der Waals surface area contributed by atoms with Crippen LogP contribution in [0.15, 0.2) is 42.5 Å². The van der Waals surface area contributed by atoms with Gasteiger partial charge in [0, 0.05) is 22.2 Å². The minimum Gasteiger partial charge on any atom is -0.395 e. The van der Waals surface area contributed by atoms with Crippen molar-refractivity contribution < 1.29 is 23.0 Å². The van der Waals surface area contributed by atoms with Crippen molar-refractivity contribution in [2.75, 3.05) is 0 Å². The molecule has 4 nitrogen and oxygen atoms in total. The minimum atomic E-state index is -3.60. The summed E-state index contributed by atoms with van der Waals surface area (Å²) in [6.45, 7) is 2.07. The molecule has 1 aliphatic heterocycles. The van der Waals surface area contributed by atoms with E-state index in [1.807, 2.05) is 6.07 Å². The number of benzene rings is 2. The van der Waals surface area contributed by atoms with E-state index in [1.165, 1.54) is 6.07 Å². The predicted octanol–water partition coefficient (Wildman–Crippen LogP) is 6.14. The first-order chi connectivity index (χ1) is 14.4. The predicted molar refractivity (Wildman–Crippen MR) is 110 cm³/mol. The number of hydrogen-bond acceptors (Lipinski definition) is 3. The van der Waals surface area contributed by atoms with Gasteiger partial charge in [0.15, 0.2) is 11.5 Å². The smallest absolute Gasteiger partial charge is 0.395 e. The molecule has 4 rings (SSSR count). The van der Waals surface area contributed by atoms with Crippen molar-refractivity contribution in [3.05, 3.63) is 58.6 Å². The third-order valence-electron chi connectivity index (χ3n) is 6.10. The van der Waals surface area contributed by atoms with E-state index >= 15 is 0 Å². The molecule has 160 valence electrons. The highest BCUT2D eigenvalue weighted by molar-refractivity contribution is 6.30. The lowest BCUT2D eigenvalue weighted by atomic mass is 9.75. The third-order valence-corrected chi connectivity index (χ3v) is 6.35. The fraction of sp³-hybridized carbons (Fsp3) is 0.435. The lowest BCUT2D eigenvalue weighted by molar-refractivity contribution is -0.287. The maximum absolute atomic E-state index is 13.5. The van der Waals surface area contributed by atoms with Crippen LogP contribution in [0.4, 0.5) is 8.78 Å². The molecule has 30 heavy (non-hydrogen) atoms. The molecule has 1 saturated carbocycles. The Morgan fingerprint density at radius 1 is 1.13 bits per heavy atom. The molecule has 1 heterocycles. The summed E-state index contributed by atoms with van der Waals surface area (Å²) in [5.41, 5.74) is 1.37. The number of ether oxygens (including phenoxy) is 2. The van der Waals surface area contributed by atoms with Crippen LogP contribution in [0.2, 0.25) is 5.02 Å².